The van der Waals surface area contributed by atoms with Crippen LogP contribution in [0.4, 0.5) is 17.1 Å². The van der Waals surface area contributed by atoms with Gasteiger partial charge in [0.25, 0.3) is 0 Å². The van der Waals surface area contributed by atoms with Gasteiger partial charge in [0.1, 0.15) is 22.7 Å². The maximum atomic E-state index is 7.14. The van der Waals surface area contributed by atoms with Gasteiger partial charge in [0, 0.05) is 27.9 Å². The van der Waals surface area contributed by atoms with Crippen molar-refractivity contribution in [2.24, 2.45) is 0 Å². The first kappa shape index (κ1) is 42.3. The van der Waals surface area contributed by atoms with Crippen molar-refractivity contribution in [1.82, 2.24) is 0 Å². The van der Waals surface area contributed by atoms with Crippen molar-refractivity contribution in [1.29, 1.82) is 0 Å². The third-order valence-electron chi connectivity index (χ3n) is 16.9. The number of anilines is 3. The van der Waals surface area contributed by atoms with Gasteiger partial charge in [-0.15, -0.1) is 0 Å². The molecule has 0 atom stereocenters. The summed E-state index contributed by atoms with van der Waals surface area (Å²) in [6.45, 7) is 13.9. The Morgan fingerprint density at radius 1 is 0.342 bits per heavy atom. The minimum atomic E-state index is -0.700. The van der Waals surface area contributed by atoms with Gasteiger partial charge >= 0.3 is 0 Å². The summed E-state index contributed by atoms with van der Waals surface area (Å²) in [5.41, 5.74) is 23.9. The quantitative estimate of drug-likeness (QED) is 0.176. The maximum Gasteiger partial charge on any atom is 0.137 e. The molecule has 11 aromatic rings. The van der Waals surface area contributed by atoms with E-state index in [1.807, 2.05) is 0 Å². The molecule has 10 aromatic carbocycles. The lowest BCUT2D eigenvalue weighted by molar-refractivity contribution is 0.436. The molecule has 2 spiro atoms. The summed E-state index contributed by atoms with van der Waals surface area (Å²) in [6, 6.07) is 79.6. The first-order valence-corrected chi connectivity index (χ1v) is 25.8. The highest BCUT2D eigenvalue weighted by atomic mass is 16.5. The standard InChI is InChI=1S/C70H53NO2/c1-67(2,3)42-30-34-49-50-35-31-43(68(4,5)6)39-58(50)70(57(49)38-42)56-25-14-16-28-63(56)73-64-37-33-45(41-60(64)70)71(61-26-17-29-65-66(61)52-21-10-15-27-62(52)72-65)44-32-36-51-48-20-9-13-24-55(48)69(59(51)40-44)53-22-11-7-18-46(53)47-19-8-12-23-54(47)69/h7-41H,1-6H3. The third-order valence-corrected chi connectivity index (χ3v) is 16.9. The summed E-state index contributed by atoms with van der Waals surface area (Å²) in [5.74, 6) is 1.74. The van der Waals surface area contributed by atoms with E-state index < -0.39 is 10.8 Å². The molecule has 3 aliphatic carbocycles. The van der Waals surface area contributed by atoms with Crippen LogP contribution in [0.25, 0.3) is 55.3 Å². The molecule has 3 heteroatoms. The number of ether oxygens (including phenoxy) is 1. The first-order chi connectivity index (χ1) is 35.5. The van der Waals surface area contributed by atoms with E-state index in [0.717, 1.165) is 61.6 Å². The molecule has 1 aliphatic heterocycles. The topological polar surface area (TPSA) is 25.6 Å². The number of hydrogen-bond donors (Lipinski definition) is 0. The van der Waals surface area contributed by atoms with E-state index >= 15 is 0 Å². The zero-order valence-electron chi connectivity index (χ0n) is 42.0. The van der Waals surface area contributed by atoms with Crippen molar-refractivity contribution in [3.05, 3.63) is 268 Å². The Bertz CT molecular complexity index is 4040. The predicted octanol–water partition coefficient (Wildman–Crippen LogP) is 18.5. The molecule has 0 saturated heterocycles. The van der Waals surface area contributed by atoms with Crippen molar-refractivity contribution >= 4 is 39.0 Å². The summed E-state index contributed by atoms with van der Waals surface area (Å²) in [6.07, 6.45) is 0. The van der Waals surface area contributed by atoms with Crippen LogP contribution in [0.2, 0.25) is 0 Å². The number of para-hydroxylation sites is 2. The lowest BCUT2D eigenvalue weighted by atomic mass is 9.65. The first-order valence-electron chi connectivity index (χ1n) is 25.8. The lowest BCUT2D eigenvalue weighted by Crippen LogP contribution is -2.33. The number of benzene rings is 10. The van der Waals surface area contributed by atoms with Crippen LogP contribution in [0, 0.1) is 0 Å². The van der Waals surface area contributed by atoms with Crippen molar-refractivity contribution in [2.45, 2.75) is 63.2 Å². The fourth-order valence-corrected chi connectivity index (χ4v) is 13.6. The van der Waals surface area contributed by atoms with Gasteiger partial charge in [-0.25, -0.2) is 0 Å². The summed E-state index contributed by atoms with van der Waals surface area (Å²) in [4.78, 5) is 2.50. The van der Waals surface area contributed by atoms with E-state index in [2.05, 4.69) is 259 Å². The molecule has 0 radical (unpaired) electrons. The van der Waals surface area contributed by atoms with Crippen molar-refractivity contribution in [3.63, 3.8) is 0 Å². The normalized spacial score (nSPS) is 14.8. The van der Waals surface area contributed by atoms with Crippen molar-refractivity contribution in [2.75, 3.05) is 4.90 Å². The average molecular weight is 940 g/mol. The maximum absolute atomic E-state index is 7.14. The molecule has 0 unspecified atom stereocenters. The SMILES string of the molecule is CC(C)(C)c1ccc2c(c1)C1(c3ccccc3Oc3ccc(N(c4ccc5c(c4)C4(c6ccccc6-c6ccccc64)c4ccccc4-5)c4cccc5oc6ccccc6c45)cc31)c1cc(C(C)(C)C)ccc1-2. The highest BCUT2D eigenvalue weighted by molar-refractivity contribution is 6.13. The smallest absolute Gasteiger partial charge is 0.137 e. The zero-order valence-corrected chi connectivity index (χ0v) is 42.0. The molecule has 0 fully saturated rings. The average Bonchev–Trinajstić information content (AvgIpc) is 4.13. The molecule has 1 aromatic heterocycles. The molecule has 350 valence electrons. The van der Waals surface area contributed by atoms with Gasteiger partial charge in [0.15, 0.2) is 0 Å². The molecule has 15 rings (SSSR count). The van der Waals surface area contributed by atoms with Gasteiger partial charge < -0.3 is 14.1 Å². The highest BCUT2D eigenvalue weighted by Gasteiger charge is 2.54. The van der Waals surface area contributed by atoms with E-state index in [0.29, 0.717) is 0 Å². The van der Waals surface area contributed by atoms with E-state index in [-0.39, 0.29) is 10.8 Å². The van der Waals surface area contributed by atoms with Crippen LogP contribution in [-0.4, -0.2) is 0 Å². The second-order valence-electron chi connectivity index (χ2n) is 22.7. The van der Waals surface area contributed by atoms with Crippen molar-refractivity contribution < 1.29 is 9.15 Å². The minimum absolute atomic E-state index is 0.0787. The van der Waals surface area contributed by atoms with Gasteiger partial charge in [-0.1, -0.05) is 199 Å². The molecule has 0 amide bonds. The van der Waals surface area contributed by atoms with Gasteiger partial charge in [-0.3, -0.25) is 0 Å². The number of hydrogen-bond acceptors (Lipinski definition) is 3. The van der Waals surface area contributed by atoms with Gasteiger partial charge in [0.05, 0.1) is 21.9 Å². The second kappa shape index (κ2) is 14.6. The predicted molar refractivity (Wildman–Crippen MR) is 299 cm³/mol. The molecule has 0 saturated carbocycles. The van der Waals surface area contributed by atoms with E-state index in [1.54, 1.807) is 0 Å². The van der Waals surface area contributed by atoms with Crippen LogP contribution < -0.4 is 9.64 Å². The number of furan rings is 1. The van der Waals surface area contributed by atoms with Crippen LogP contribution in [0.5, 0.6) is 11.5 Å². The second-order valence-corrected chi connectivity index (χ2v) is 22.7. The largest absolute Gasteiger partial charge is 0.457 e. The van der Waals surface area contributed by atoms with E-state index in [1.165, 1.54) is 77.9 Å². The summed E-state index contributed by atoms with van der Waals surface area (Å²) in [5, 5.41) is 2.15. The van der Waals surface area contributed by atoms with Gasteiger partial charge in [0.2, 0.25) is 0 Å². The fraction of sp³-hybridized carbons (Fsp3) is 0.143. The zero-order chi connectivity index (χ0) is 49.2. The Hall–Kier alpha value is -8.40. The van der Waals surface area contributed by atoms with Crippen LogP contribution in [0.3, 0.4) is 0 Å². The lowest BCUT2D eigenvalue weighted by Gasteiger charge is -2.41. The molecule has 2 heterocycles. The Morgan fingerprint density at radius 3 is 1.38 bits per heavy atom. The Morgan fingerprint density at radius 2 is 0.781 bits per heavy atom. The molecular weight excluding hydrogens is 887 g/mol. The van der Waals surface area contributed by atoms with Crippen LogP contribution in [-0.2, 0) is 21.7 Å². The van der Waals surface area contributed by atoms with Crippen LogP contribution in [0.15, 0.2) is 217 Å². The Labute approximate surface area is 427 Å². The van der Waals surface area contributed by atoms with E-state index in [4.69, 9.17) is 9.15 Å². The minimum Gasteiger partial charge on any atom is -0.457 e. The fourth-order valence-electron chi connectivity index (χ4n) is 13.6. The summed E-state index contributed by atoms with van der Waals surface area (Å²) < 4.78 is 13.8. The molecule has 3 nitrogen and oxygen atoms in total. The van der Waals surface area contributed by atoms with Crippen molar-refractivity contribution in [3.8, 4) is 44.9 Å². The Kier molecular flexibility index (Phi) is 8.47. The molecule has 0 bridgehead atoms. The highest BCUT2D eigenvalue weighted by Crippen LogP contribution is 2.66. The monoisotopic (exact) mass is 939 g/mol. The third kappa shape index (κ3) is 5.55. The van der Waals surface area contributed by atoms with Gasteiger partial charge in [-0.05, 0) is 143 Å². The Balaban J connectivity index is 1.05. The summed E-state index contributed by atoms with van der Waals surface area (Å²) >= 11 is 0. The number of rotatable bonds is 3. The molecular formula is C70H53NO2. The number of nitrogens with zero attached hydrogens (tertiary/aromatic N) is 1. The van der Waals surface area contributed by atoms with Gasteiger partial charge in [-0.2, -0.15) is 0 Å². The van der Waals surface area contributed by atoms with Crippen LogP contribution >= 0.6 is 0 Å². The molecule has 4 aliphatic rings. The molecule has 73 heavy (non-hydrogen) atoms. The number of fused-ring (bicyclic) bond motifs is 22. The van der Waals surface area contributed by atoms with E-state index in [9.17, 15) is 0 Å². The van der Waals surface area contributed by atoms with Crippen LogP contribution in [0.1, 0.15) is 97.2 Å². The molecule has 0 N–H and O–H groups in total. The summed E-state index contributed by atoms with van der Waals surface area (Å²) in [7, 11) is 0.